The molecule has 0 radical (unpaired) electrons. The number of aliphatic carboxylic acids is 2. The van der Waals surface area contributed by atoms with Crippen LogP contribution in [0.15, 0.2) is 36.2 Å². The Kier molecular flexibility index (Phi) is 4.13. The lowest BCUT2D eigenvalue weighted by Gasteiger charge is -2.27. The largest absolute Gasteiger partial charge is 0.481 e. The lowest BCUT2D eigenvalue weighted by molar-refractivity contribution is -0.145. The van der Waals surface area contributed by atoms with E-state index >= 15 is 0 Å². The van der Waals surface area contributed by atoms with Crippen molar-refractivity contribution < 1.29 is 24.9 Å². The average molecular weight is 317 g/mol. The molecule has 1 heterocycles. The standard InChI is InChI=1S/C17H19NO5/c1-16(2,23)13-5-12(8-18-9-13)10-4-11(14(19)20)7-17(3,6-10)15(21)22/h4-6,8-9,23H,7H2,1-3H3,(H,19,20)(H,21,22). The molecular weight excluding hydrogens is 298 g/mol. The van der Waals surface area contributed by atoms with Gasteiger partial charge in [0.1, 0.15) is 0 Å². The quantitative estimate of drug-likeness (QED) is 0.785. The van der Waals surface area contributed by atoms with Crippen molar-refractivity contribution in [2.75, 3.05) is 0 Å². The predicted octanol–water partition coefficient (Wildman–Crippen LogP) is 2.20. The van der Waals surface area contributed by atoms with Gasteiger partial charge in [-0.15, -0.1) is 0 Å². The molecule has 0 amide bonds. The molecule has 1 aromatic heterocycles. The molecule has 0 saturated heterocycles. The average Bonchev–Trinajstić information content (AvgIpc) is 2.45. The monoisotopic (exact) mass is 317 g/mol. The van der Waals surface area contributed by atoms with Crippen molar-refractivity contribution >= 4 is 17.5 Å². The minimum Gasteiger partial charge on any atom is -0.481 e. The highest BCUT2D eigenvalue weighted by Crippen LogP contribution is 2.38. The van der Waals surface area contributed by atoms with E-state index in [9.17, 15) is 24.9 Å². The van der Waals surface area contributed by atoms with Crippen molar-refractivity contribution in [3.05, 3.63) is 47.3 Å². The molecule has 0 saturated carbocycles. The van der Waals surface area contributed by atoms with Crippen LogP contribution in [0.2, 0.25) is 0 Å². The smallest absolute Gasteiger partial charge is 0.331 e. The van der Waals surface area contributed by atoms with Gasteiger partial charge in [-0.3, -0.25) is 9.78 Å². The summed E-state index contributed by atoms with van der Waals surface area (Å²) in [7, 11) is 0. The molecule has 1 unspecified atom stereocenters. The molecule has 1 aliphatic carbocycles. The van der Waals surface area contributed by atoms with E-state index < -0.39 is 23.0 Å². The van der Waals surface area contributed by atoms with E-state index in [2.05, 4.69) is 4.98 Å². The molecule has 6 nitrogen and oxygen atoms in total. The molecule has 1 atom stereocenters. The topological polar surface area (TPSA) is 108 Å². The highest BCUT2D eigenvalue weighted by Gasteiger charge is 2.36. The third-order valence-electron chi connectivity index (χ3n) is 3.90. The number of allylic oxidation sites excluding steroid dienone is 2. The summed E-state index contributed by atoms with van der Waals surface area (Å²) in [5.74, 6) is -2.23. The molecule has 0 fully saturated rings. The second-order valence-electron chi connectivity index (χ2n) is 6.50. The fraction of sp³-hybridized carbons (Fsp3) is 0.353. The summed E-state index contributed by atoms with van der Waals surface area (Å²) >= 11 is 0. The number of hydrogen-bond acceptors (Lipinski definition) is 4. The summed E-state index contributed by atoms with van der Waals surface area (Å²) in [6.45, 7) is 4.71. The van der Waals surface area contributed by atoms with Crippen LogP contribution in [0.4, 0.5) is 0 Å². The molecule has 0 aromatic carbocycles. The maximum Gasteiger partial charge on any atom is 0.331 e. The fourth-order valence-corrected chi connectivity index (χ4v) is 2.44. The van der Waals surface area contributed by atoms with E-state index in [0.29, 0.717) is 16.7 Å². The number of carboxylic acids is 2. The Balaban J connectivity index is 2.57. The van der Waals surface area contributed by atoms with Crippen molar-refractivity contribution in [2.45, 2.75) is 32.8 Å². The Bertz CT molecular complexity index is 727. The van der Waals surface area contributed by atoms with Gasteiger partial charge in [0.25, 0.3) is 0 Å². The summed E-state index contributed by atoms with van der Waals surface area (Å²) in [4.78, 5) is 26.9. The lowest BCUT2D eigenvalue weighted by Crippen LogP contribution is -2.29. The van der Waals surface area contributed by atoms with Crippen LogP contribution in [0.5, 0.6) is 0 Å². The van der Waals surface area contributed by atoms with Crippen molar-refractivity contribution in [3.63, 3.8) is 0 Å². The number of nitrogens with zero attached hydrogens (tertiary/aromatic N) is 1. The number of rotatable bonds is 4. The van der Waals surface area contributed by atoms with Crippen molar-refractivity contribution in [1.82, 2.24) is 4.98 Å². The van der Waals surface area contributed by atoms with Crippen LogP contribution >= 0.6 is 0 Å². The Hall–Kier alpha value is -2.47. The van der Waals surface area contributed by atoms with E-state index in [0.717, 1.165) is 0 Å². The summed E-state index contributed by atoms with van der Waals surface area (Å²) in [5.41, 5.74) is -0.784. The lowest BCUT2D eigenvalue weighted by atomic mass is 9.76. The van der Waals surface area contributed by atoms with Gasteiger partial charge in [-0.25, -0.2) is 4.79 Å². The minimum absolute atomic E-state index is 0.0288. The molecule has 2 rings (SSSR count). The number of aromatic nitrogens is 1. The normalized spacial score (nSPS) is 21.4. The summed E-state index contributed by atoms with van der Waals surface area (Å²) in [6.07, 6.45) is 5.95. The molecule has 122 valence electrons. The van der Waals surface area contributed by atoms with Gasteiger partial charge >= 0.3 is 11.9 Å². The van der Waals surface area contributed by atoms with E-state index in [4.69, 9.17) is 0 Å². The van der Waals surface area contributed by atoms with Crippen molar-refractivity contribution in [1.29, 1.82) is 0 Å². The van der Waals surface area contributed by atoms with Crippen molar-refractivity contribution in [2.24, 2.45) is 5.41 Å². The molecule has 0 bridgehead atoms. The second kappa shape index (κ2) is 5.62. The summed E-state index contributed by atoms with van der Waals surface area (Å²) in [6, 6.07) is 1.68. The van der Waals surface area contributed by atoms with Crippen LogP contribution < -0.4 is 0 Å². The zero-order chi connectivity index (χ0) is 17.4. The van der Waals surface area contributed by atoms with Gasteiger partial charge in [0.15, 0.2) is 0 Å². The first-order valence-corrected chi connectivity index (χ1v) is 7.11. The second-order valence-corrected chi connectivity index (χ2v) is 6.50. The first kappa shape index (κ1) is 16.9. The fourth-order valence-electron chi connectivity index (χ4n) is 2.44. The molecule has 1 aromatic rings. The summed E-state index contributed by atoms with van der Waals surface area (Å²) in [5, 5.41) is 28.8. The van der Waals surface area contributed by atoms with Crippen LogP contribution in [0.1, 0.15) is 38.3 Å². The maximum absolute atomic E-state index is 11.5. The SMILES string of the molecule is CC1(C(=O)O)C=C(c2cncc(C(C)(C)O)c2)C=C(C(=O)O)C1. The Morgan fingerprint density at radius 3 is 2.43 bits per heavy atom. The zero-order valence-corrected chi connectivity index (χ0v) is 13.2. The molecule has 23 heavy (non-hydrogen) atoms. The minimum atomic E-state index is -1.30. The number of carboxylic acid groups (broad SMARTS) is 2. The predicted molar refractivity (Wildman–Crippen MR) is 83.5 cm³/mol. The Morgan fingerprint density at radius 2 is 1.91 bits per heavy atom. The van der Waals surface area contributed by atoms with Crippen LogP contribution in [0.25, 0.3) is 5.57 Å². The van der Waals surface area contributed by atoms with Gasteiger partial charge < -0.3 is 15.3 Å². The van der Waals surface area contributed by atoms with E-state index in [1.54, 1.807) is 19.9 Å². The summed E-state index contributed by atoms with van der Waals surface area (Å²) < 4.78 is 0. The molecule has 1 aliphatic rings. The highest BCUT2D eigenvalue weighted by molar-refractivity contribution is 5.96. The molecule has 0 spiro atoms. The molecule has 6 heteroatoms. The van der Waals surface area contributed by atoms with Gasteiger partial charge in [0, 0.05) is 29.1 Å². The van der Waals surface area contributed by atoms with Gasteiger partial charge in [0.05, 0.1) is 11.0 Å². The van der Waals surface area contributed by atoms with Gasteiger partial charge in [-0.2, -0.15) is 0 Å². The number of pyridine rings is 1. The number of hydrogen-bond donors (Lipinski definition) is 3. The van der Waals surface area contributed by atoms with Crippen LogP contribution in [-0.4, -0.2) is 32.2 Å². The maximum atomic E-state index is 11.5. The van der Waals surface area contributed by atoms with Crippen LogP contribution in [0.3, 0.4) is 0 Å². The molecular formula is C17H19NO5. The van der Waals surface area contributed by atoms with Crippen molar-refractivity contribution in [3.8, 4) is 0 Å². The van der Waals surface area contributed by atoms with E-state index in [-0.39, 0.29) is 12.0 Å². The van der Waals surface area contributed by atoms with Gasteiger partial charge in [0.2, 0.25) is 0 Å². The Labute approximate surface area is 133 Å². The first-order chi connectivity index (χ1) is 10.5. The Morgan fingerprint density at radius 1 is 1.26 bits per heavy atom. The number of carbonyl (C=O) groups is 2. The van der Waals surface area contributed by atoms with Crippen LogP contribution in [0, 0.1) is 5.41 Å². The van der Waals surface area contributed by atoms with E-state index in [1.807, 2.05) is 0 Å². The highest BCUT2D eigenvalue weighted by atomic mass is 16.4. The van der Waals surface area contributed by atoms with Crippen LogP contribution in [-0.2, 0) is 15.2 Å². The number of aliphatic hydroxyl groups is 1. The first-order valence-electron chi connectivity index (χ1n) is 7.11. The molecule has 3 N–H and O–H groups in total. The molecule has 0 aliphatic heterocycles. The van der Waals surface area contributed by atoms with E-state index in [1.165, 1.54) is 31.5 Å². The zero-order valence-electron chi connectivity index (χ0n) is 13.2. The van der Waals surface area contributed by atoms with Gasteiger partial charge in [-0.05, 0) is 44.9 Å². The third kappa shape index (κ3) is 3.48. The third-order valence-corrected chi connectivity index (χ3v) is 3.90. The van der Waals surface area contributed by atoms with Gasteiger partial charge in [-0.1, -0.05) is 6.08 Å².